The summed E-state index contributed by atoms with van der Waals surface area (Å²) in [6, 6.07) is 18.4. The number of rotatable bonds is 9. The molecular weight excluding hydrogens is 409 g/mol. The van der Waals surface area contributed by atoms with Crippen LogP contribution < -0.4 is 15.4 Å². The van der Waals surface area contributed by atoms with E-state index in [0.717, 1.165) is 17.0 Å². The predicted molar refractivity (Wildman–Crippen MR) is 116 cm³/mol. The van der Waals surface area contributed by atoms with Crippen LogP contribution in [0.5, 0.6) is 5.75 Å². The van der Waals surface area contributed by atoms with Crippen LogP contribution in [0.4, 0.5) is 0 Å². The Kier molecular flexibility index (Phi) is 7.87. The smallest absolute Gasteiger partial charge is 0.251 e. The molecule has 0 spiro atoms. The number of nitrogens with zero attached hydrogens (tertiary/aromatic N) is 1. The molecule has 150 valence electrons. The number of aromatic nitrogens is 1. The molecule has 0 saturated carbocycles. The Morgan fingerprint density at radius 2 is 1.79 bits per heavy atom. The van der Waals surface area contributed by atoms with Gasteiger partial charge in [0.15, 0.2) is 0 Å². The average Bonchev–Trinajstić information content (AvgIpc) is 2.75. The largest absolute Gasteiger partial charge is 0.487 e. The molecule has 2 N–H and O–H groups in total. The summed E-state index contributed by atoms with van der Waals surface area (Å²) in [5.41, 5.74) is 2.40. The quantitative estimate of drug-likeness (QED) is 0.491. The Morgan fingerprint density at radius 1 is 0.966 bits per heavy atom. The SMILES string of the molecule is O=C(NCCNCc1ccccc1OCc1ccccn1)c1ccc(Cl)c(Cl)c1. The third-order valence-electron chi connectivity index (χ3n) is 4.16. The van der Waals surface area contributed by atoms with E-state index in [1.54, 1.807) is 24.4 Å². The Morgan fingerprint density at radius 3 is 2.59 bits per heavy atom. The average molecular weight is 430 g/mol. The van der Waals surface area contributed by atoms with Crippen LogP contribution in [0.25, 0.3) is 0 Å². The number of benzene rings is 2. The molecular formula is C22H21Cl2N3O2. The molecule has 2 aromatic carbocycles. The first-order valence-electron chi connectivity index (χ1n) is 9.18. The van der Waals surface area contributed by atoms with Gasteiger partial charge in [-0.15, -0.1) is 0 Å². The van der Waals surface area contributed by atoms with Crippen LogP contribution in [0, 0.1) is 0 Å². The lowest BCUT2D eigenvalue weighted by Crippen LogP contribution is -2.31. The van der Waals surface area contributed by atoms with Gasteiger partial charge in [0.1, 0.15) is 12.4 Å². The Hall–Kier alpha value is -2.60. The summed E-state index contributed by atoms with van der Waals surface area (Å²) in [4.78, 5) is 16.4. The van der Waals surface area contributed by atoms with E-state index in [2.05, 4.69) is 15.6 Å². The van der Waals surface area contributed by atoms with Gasteiger partial charge in [-0.1, -0.05) is 47.5 Å². The Balaban J connectivity index is 1.43. The predicted octanol–water partition coefficient (Wildman–Crippen LogP) is 4.49. The number of pyridine rings is 1. The van der Waals surface area contributed by atoms with Crippen molar-refractivity contribution in [1.82, 2.24) is 15.6 Å². The number of carbonyl (C=O) groups is 1. The summed E-state index contributed by atoms with van der Waals surface area (Å²) in [7, 11) is 0. The van der Waals surface area contributed by atoms with Crippen molar-refractivity contribution in [2.75, 3.05) is 13.1 Å². The molecule has 0 aliphatic heterocycles. The molecule has 3 aromatic rings. The Bertz CT molecular complexity index is 952. The van der Waals surface area contributed by atoms with Crippen molar-refractivity contribution in [1.29, 1.82) is 0 Å². The van der Waals surface area contributed by atoms with E-state index in [1.165, 1.54) is 0 Å². The lowest BCUT2D eigenvalue weighted by molar-refractivity contribution is 0.0954. The number of amides is 1. The van der Waals surface area contributed by atoms with Gasteiger partial charge in [-0.25, -0.2) is 0 Å². The van der Waals surface area contributed by atoms with Crippen molar-refractivity contribution >= 4 is 29.1 Å². The topological polar surface area (TPSA) is 63.2 Å². The van der Waals surface area contributed by atoms with Crippen LogP contribution in [0.15, 0.2) is 66.9 Å². The lowest BCUT2D eigenvalue weighted by atomic mass is 10.2. The number of hydrogen-bond acceptors (Lipinski definition) is 4. The van der Waals surface area contributed by atoms with Gasteiger partial charge < -0.3 is 15.4 Å². The van der Waals surface area contributed by atoms with Crippen LogP contribution in [0.1, 0.15) is 21.6 Å². The number of halogens is 2. The number of ether oxygens (including phenoxy) is 1. The van der Waals surface area contributed by atoms with Gasteiger partial charge in [0, 0.05) is 37.0 Å². The summed E-state index contributed by atoms with van der Waals surface area (Å²) in [6.45, 7) is 2.14. The van der Waals surface area contributed by atoms with E-state index in [9.17, 15) is 4.79 Å². The lowest BCUT2D eigenvalue weighted by Gasteiger charge is -2.12. The Labute approximate surface area is 180 Å². The second-order valence-corrected chi connectivity index (χ2v) is 7.09. The van der Waals surface area contributed by atoms with Crippen LogP contribution in [-0.4, -0.2) is 24.0 Å². The number of hydrogen-bond donors (Lipinski definition) is 2. The molecule has 0 aliphatic rings. The minimum absolute atomic E-state index is 0.190. The first-order chi connectivity index (χ1) is 14.1. The summed E-state index contributed by atoms with van der Waals surface area (Å²) in [5, 5.41) is 6.95. The molecule has 0 atom stereocenters. The first-order valence-corrected chi connectivity index (χ1v) is 9.93. The minimum atomic E-state index is -0.190. The maximum atomic E-state index is 12.1. The molecule has 0 fully saturated rings. The summed E-state index contributed by atoms with van der Waals surface area (Å²) in [5.74, 6) is 0.620. The highest BCUT2D eigenvalue weighted by molar-refractivity contribution is 6.42. The molecule has 0 saturated heterocycles. The highest BCUT2D eigenvalue weighted by Crippen LogP contribution is 2.22. The molecule has 0 radical (unpaired) electrons. The molecule has 29 heavy (non-hydrogen) atoms. The van der Waals surface area contributed by atoms with Gasteiger partial charge in [0.05, 0.1) is 15.7 Å². The summed E-state index contributed by atoms with van der Waals surface area (Å²) < 4.78 is 5.90. The van der Waals surface area contributed by atoms with E-state index in [1.807, 2.05) is 42.5 Å². The summed E-state index contributed by atoms with van der Waals surface area (Å²) in [6.07, 6.45) is 1.75. The van der Waals surface area contributed by atoms with Crippen molar-refractivity contribution in [2.45, 2.75) is 13.2 Å². The highest BCUT2D eigenvalue weighted by Gasteiger charge is 2.08. The fraction of sp³-hybridized carbons (Fsp3) is 0.182. The molecule has 5 nitrogen and oxygen atoms in total. The zero-order valence-electron chi connectivity index (χ0n) is 15.7. The number of para-hydroxylation sites is 1. The molecule has 0 bridgehead atoms. The minimum Gasteiger partial charge on any atom is -0.487 e. The highest BCUT2D eigenvalue weighted by atomic mass is 35.5. The third kappa shape index (κ3) is 6.46. The molecule has 1 amide bonds. The fourth-order valence-corrected chi connectivity index (χ4v) is 2.95. The standard InChI is InChI=1S/C22H21Cl2N3O2/c23-19-9-8-16(13-20(19)24)22(28)27-12-11-25-14-17-5-1-2-7-21(17)29-15-18-6-3-4-10-26-18/h1-10,13,25H,11-12,14-15H2,(H,27,28). The fourth-order valence-electron chi connectivity index (χ4n) is 2.65. The number of nitrogens with one attached hydrogen (secondary N) is 2. The van der Waals surface area contributed by atoms with E-state index in [-0.39, 0.29) is 5.91 Å². The van der Waals surface area contributed by atoms with Gasteiger partial charge in [0.2, 0.25) is 0 Å². The maximum absolute atomic E-state index is 12.1. The third-order valence-corrected chi connectivity index (χ3v) is 4.90. The van der Waals surface area contributed by atoms with Crippen molar-refractivity contribution in [3.05, 3.63) is 93.7 Å². The molecule has 0 aliphatic carbocycles. The van der Waals surface area contributed by atoms with Crippen LogP contribution in [0.3, 0.4) is 0 Å². The van der Waals surface area contributed by atoms with Gasteiger partial charge >= 0.3 is 0 Å². The molecule has 7 heteroatoms. The monoisotopic (exact) mass is 429 g/mol. The zero-order chi connectivity index (χ0) is 20.5. The van der Waals surface area contributed by atoms with Gasteiger partial charge in [0.25, 0.3) is 5.91 Å². The second kappa shape index (κ2) is 10.8. The van der Waals surface area contributed by atoms with E-state index in [0.29, 0.717) is 41.8 Å². The van der Waals surface area contributed by atoms with Gasteiger partial charge in [-0.05, 0) is 36.4 Å². The van der Waals surface area contributed by atoms with Crippen LogP contribution in [0.2, 0.25) is 10.0 Å². The van der Waals surface area contributed by atoms with Crippen LogP contribution >= 0.6 is 23.2 Å². The summed E-state index contributed by atoms with van der Waals surface area (Å²) >= 11 is 11.8. The van der Waals surface area contributed by atoms with Crippen molar-refractivity contribution in [2.24, 2.45) is 0 Å². The van der Waals surface area contributed by atoms with Gasteiger partial charge in [-0.3, -0.25) is 9.78 Å². The zero-order valence-corrected chi connectivity index (χ0v) is 17.2. The second-order valence-electron chi connectivity index (χ2n) is 6.28. The maximum Gasteiger partial charge on any atom is 0.251 e. The van der Waals surface area contributed by atoms with Gasteiger partial charge in [-0.2, -0.15) is 0 Å². The van der Waals surface area contributed by atoms with Crippen molar-refractivity contribution in [3.63, 3.8) is 0 Å². The van der Waals surface area contributed by atoms with Crippen molar-refractivity contribution in [3.8, 4) is 5.75 Å². The molecule has 1 aromatic heterocycles. The molecule has 3 rings (SSSR count). The molecule has 0 unspecified atom stereocenters. The number of carbonyl (C=O) groups excluding carboxylic acids is 1. The normalized spacial score (nSPS) is 10.6. The van der Waals surface area contributed by atoms with Crippen molar-refractivity contribution < 1.29 is 9.53 Å². The van der Waals surface area contributed by atoms with Crippen LogP contribution in [-0.2, 0) is 13.2 Å². The van der Waals surface area contributed by atoms with E-state index in [4.69, 9.17) is 27.9 Å². The first kappa shape index (κ1) is 21.1. The van der Waals surface area contributed by atoms with E-state index < -0.39 is 0 Å². The molecule has 1 heterocycles. The van der Waals surface area contributed by atoms with E-state index >= 15 is 0 Å².